The number of H-pyrrole nitrogens is 1. The van der Waals surface area contributed by atoms with Crippen molar-refractivity contribution < 1.29 is 9.90 Å². The number of aliphatic carboxylic acids is 1. The lowest BCUT2D eigenvalue weighted by atomic mass is 9.97. The monoisotopic (exact) mass is 335 g/mol. The average Bonchev–Trinajstić information content (AvgIpc) is 2.92. The molecule has 2 aromatic carbocycles. The number of carboxylic acids is 1. The second-order valence-electron chi connectivity index (χ2n) is 6.85. The summed E-state index contributed by atoms with van der Waals surface area (Å²) < 4.78 is 0. The maximum absolute atomic E-state index is 11.5. The molecule has 2 N–H and O–H groups in total. The Balaban J connectivity index is 2.20. The molecule has 130 valence electrons. The van der Waals surface area contributed by atoms with Crippen LogP contribution in [0, 0.1) is 13.8 Å². The minimum Gasteiger partial charge on any atom is -0.481 e. The van der Waals surface area contributed by atoms with Crippen LogP contribution in [0.4, 0.5) is 0 Å². The van der Waals surface area contributed by atoms with Crippen LogP contribution in [0.3, 0.4) is 0 Å². The number of carbonyl (C=O) groups is 1. The third-order valence-electron chi connectivity index (χ3n) is 4.78. The molecule has 0 unspecified atom stereocenters. The first-order valence-corrected chi connectivity index (χ1v) is 8.92. The van der Waals surface area contributed by atoms with Gasteiger partial charge in [-0.25, -0.2) is 0 Å². The highest BCUT2D eigenvalue weighted by atomic mass is 16.4. The van der Waals surface area contributed by atoms with Gasteiger partial charge < -0.3 is 10.1 Å². The molecule has 0 spiro atoms. The summed E-state index contributed by atoms with van der Waals surface area (Å²) >= 11 is 0. The van der Waals surface area contributed by atoms with E-state index in [2.05, 4.69) is 62.2 Å². The molecule has 0 radical (unpaired) electrons. The van der Waals surface area contributed by atoms with E-state index in [1.54, 1.807) is 0 Å². The van der Waals surface area contributed by atoms with Crippen molar-refractivity contribution in [2.45, 2.75) is 46.5 Å². The fourth-order valence-corrected chi connectivity index (χ4v) is 3.40. The number of aromatic amines is 1. The number of nitrogens with one attached hydrogen (secondary N) is 1. The van der Waals surface area contributed by atoms with Crippen LogP contribution >= 0.6 is 0 Å². The van der Waals surface area contributed by atoms with Crippen LogP contribution in [0.25, 0.3) is 22.2 Å². The number of hydrogen-bond donors (Lipinski definition) is 2. The topological polar surface area (TPSA) is 53.1 Å². The van der Waals surface area contributed by atoms with Crippen LogP contribution in [0.1, 0.15) is 42.0 Å². The molecule has 3 rings (SSSR count). The summed E-state index contributed by atoms with van der Waals surface area (Å²) in [5.74, 6) is -0.800. The highest BCUT2D eigenvalue weighted by molar-refractivity contribution is 5.94. The molecule has 1 heterocycles. The lowest BCUT2D eigenvalue weighted by Gasteiger charge is -2.08. The predicted octanol–water partition coefficient (Wildman–Crippen LogP) is 5.42. The molecule has 0 aliphatic rings. The van der Waals surface area contributed by atoms with Gasteiger partial charge in [0.05, 0.1) is 12.1 Å². The fourth-order valence-electron chi connectivity index (χ4n) is 3.40. The summed E-state index contributed by atoms with van der Waals surface area (Å²) in [5, 5.41) is 10.5. The molecular weight excluding hydrogens is 310 g/mol. The fraction of sp³-hybridized carbons (Fsp3) is 0.318. The molecular formula is C22H25NO2. The molecule has 3 aromatic rings. The second-order valence-corrected chi connectivity index (χ2v) is 6.85. The minimum atomic E-state index is -0.800. The highest BCUT2D eigenvalue weighted by Gasteiger charge is 2.17. The van der Waals surface area contributed by atoms with E-state index in [-0.39, 0.29) is 6.42 Å². The quantitative estimate of drug-likeness (QED) is 0.632. The van der Waals surface area contributed by atoms with Gasteiger partial charge in [-0.2, -0.15) is 0 Å². The van der Waals surface area contributed by atoms with E-state index in [1.165, 1.54) is 11.1 Å². The number of rotatable bonds is 6. The van der Waals surface area contributed by atoms with Crippen molar-refractivity contribution in [3.63, 3.8) is 0 Å². The number of carboxylic acid groups (broad SMARTS) is 1. The standard InChI is InChI=1S/C22H25NO2/c1-4-5-6-16-9-10-20-18(12-16)19(13-21(24)25)22(23-20)17-11-14(2)7-8-15(17)3/h7-12,23H,4-6,13H2,1-3H3,(H,24,25). The summed E-state index contributed by atoms with van der Waals surface area (Å²) in [6, 6.07) is 12.7. The number of hydrogen-bond acceptors (Lipinski definition) is 1. The highest BCUT2D eigenvalue weighted by Crippen LogP contribution is 2.34. The Hall–Kier alpha value is -2.55. The Morgan fingerprint density at radius 1 is 1.12 bits per heavy atom. The second kappa shape index (κ2) is 7.14. The van der Waals surface area contributed by atoms with Crippen molar-refractivity contribution in [1.29, 1.82) is 0 Å². The van der Waals surface area contributed by atoms with E-state index in [9.17, 15) is 9.90 Å². The first-order chi connectivity index (χ1) is 12.0. The van der Waals surface area contributed by atoms with Crippen LogP contribution in [0.2, 0.25) is 0 Å². The van der Waals surface area contributed by atoms with Crippen molar-refractivity contribution in [1.82, 2.24) is 4.98 Å². The van der Waals surface area contributed by atoms with Crippen molar-refractivity contribution in [3.05, 3.63) is 58.7 Å². The van der Waals surface area contributed by atoms with E-state index in [4.69, 9.17) is 0 Å². The lowest BCUT2D eigenvalue weighted by molar-refractivity contribution is -0.136. The van der Waals surface area contributed by atoms with E-state index in [0.717, 1.165) is 52.5 Å². The van der Waals surface area contributed by atoms with Gasteiger partial charge in [-0.1, -0.05) is 37.1 Å². The van der Waals surface area contributed by atoms with E-state index >= 15 is 0 Å². The van der Waals surface area contributed by atoms with Gasteiger partial charge in [0, 0.05) is 16.5 Å². The number of fused-ring (bicyclic) bond motifs is 1. The van der Waals surface area contributed by atoms with E-state index < -0.39 is 5.97 Å². The van der Waals surface area contributed by atoms with Crippen molar-refractivity contribution >= 4 is 16.9 Å². The van der Waals surface area contributed by atoms with Crippen LogP contribution < -0.4 is 0 Å². The molecule has 0 aliphatic heterocycles. The van der Waals surface area contributed by atoms with Gasteiger partial charge in [0.2, 0.25) is 0 Å². The molecule has 1 aromatic heterocycles. The number of aryl methyl sites for hydroxylation is 3. The predicted molar refractivity (Wildman–Crippen MR) is 103 cm³/mol. The smallest absolute Gasteiger partial charge is 0.307 e. The Bertz CT molecular complexity index is 921. The summed E-state index contributed by atoms with van der Waals surface area (Å²) in [6.07, 6.45) is 3.36. The van der Waals surface area contributed by atoms with Gasteiger partial charge in [-0.05, 0) is 61.6 Å². The Morgan fingerprint density at radius 3 is 2.64 bits per heavy atom. The first-order valence-electron chi connectivity index (χ1n) is 8.92. The molecule has 0 amide bonds. The molecule has 0 saturated carbocycles. The Labute approximate surface area is 148 Å². The van der Waals surface area contributed by atoms with Gasteiger partial charge in [-0.3, -0.25) is 4.79 Å². The summed E-state index contributed by atoms with van der Waals surface area (Å²) in [6.45, 7) is 6.31. The summed E-state index contributed by atoms with van der Waals surface area (Å²) in [5.41, 5.74) is 7.50. The van der Waals surface area contributed by atoms with Gasteiger partial charge >= 0.3 is 5.97 Å². The largest absolute Gasteiger partial charge is 0.481 e. The average molecular weight is 335 g/mol. The molecule has 0 bridgehead atoms. The molecule has 0 fully saturated rings. The van der Waals surface area contributed by atoms with E-state index in [1.807, 2.05) is 0 Å². The SMILES string of the molecule is CCCCc1ccc2[nH]c(-c3cc(C)ccc3C)c(CC(=O)O)c2c1. The normalized spacial score (nSPS) is 11.2. The Kier molecular flexibility index (Phi) is 4.93. The van der Waals surface area contributed by atoms with Gasteiger partial charge in [-0.15, -0.1) is 0 Å². The number of benzene rings is 2. The Morgan fingerprint density at radius 2 is 1.92 bits per heavy atom. The number of aromatic nitrogens is 1. The summed E-state index contributed by atoms with van der Waals surface area (Å²) in [7, 11) is 0. The van der Waals surface area contributed by atoms with Crippen molar-refractivity contribution in [2.75, 3.05) is 0 Å². The zero-order valence-electron chi connectivity index (χ0n) is 15.1. The maximum atomic E-state index is 11.5. The molecule has 0 atom stereocenters. The van der Waals surface area contributed by atoms with Crippen LogP contribution in [0.5, 0.6) is 0 Å². The van der Waals surface area contributed by atoms with Crippen LogP contribution in [-0.4, -0.2) is 16.1 Å². The van der Waals surface area contributed by atoms with Gasteiger partial charge in [0.25, 0.3) is 0 Å². The molecule has 0 saturated heterocycles. The lowest BCUT2D eigenvalue weighted by Crippen LogP contribution is -2.01. The van der Waals surface area contributed by atoms with E-state index in [0.29, 0.717) is 0 Å². The van der Waals surface area contributed by atoms with Crippen molar-refractivity contribution in [3.8, 4) is 11.3 Å². The summed E-state index contributed by atoms with van der Waals surface area (Å²) in [4.78, 5) is 15.0. The maximum Gasteiger partial charge on any atom is 0.307 e. The van der Waals surface area contributed by atoms with Crippen LogP contribution in [-0.2, 0) is 17.6 Å². The third kappa shape index (κ3) is 3.60. The van der Waals surface area contributed by atoms with Gasteiger partial charge in [0.15, 0.2) is 0 Å². The zero-order valence-corrected chi connectivity index (χ0v) is 15.1. The zero-order chi connectivity index (χ0) is 18.0. The first kappa shape index (κ1) is 17.3. The third-order valence-corrected chi connectivity index (χ3v) is 4.78. The van der Waals surface area contributed by atoms with Crippen LogP contribution in [0.15, 0.2) is 36.4 Å². The molecule has 3 nitrogen and oxygen atoms in total. The van der Waals surface area contributed by atoms with Gasteiger partial charge in [0.1, 0.15) is 0 Å². The van der Waals surface area contributed by atoms with Crippen molar-refractivity contribution in [2.24, 2.45) is 0 Å². The molecule has 0 aliphatic carbocycles. The minimum absolute atomic E-state index is 0.0277. The molecule has 25 heavy (non-hydrogen) atoms. The number of unbranched alkanes of at least 4 members (excludes halogenated alkanes) is 1. The molecule has 3 heteroatoms.